The summed E-state index contributed by atoms with van der Waals surface area (Å²) in [5.41, 5.74) is 7.80. The molecule has 0 heterocycles. The molecule has 20 heavy (non-hydrogen) atoms. The van der Waals surface area contributed by atoms with Crippen LogP contribution in [0.25, 0.3) is 0 Å². The normalized spacial score (nSPS) is 15.3. The van der Waals surface area contributed by atoms with Crippen molar-refractivity contribution >= 4 is 15.7 Å². The topological polar surface area (TPSA) is 63.4 Å². The molecule has 1 saturated carbocycles. The highest BCUT2D eigenvalue weighted by atomic mass is 32.2. The van der Waals surface area contributed by atoms with Crippen LogP contribution in [0.4, 0.5) is 5.69 Å². The summed E-state index contributed by atoms with van der Waals surface area (Å²) in [7, 11) is -3.58. The number of sulfonamides is 1. The fraction of sp³-hybridized carbons (Fsp3) is 0.467. The maximum absolute atomic E-state index is 12.8. The number of nitrogens with zero attached hydrogens (tertiary/aromatic N) is 1. The number of hydrogen-bond acceptors (Lipinski definition) is 3. The summed E-state index contributed by atoms with van der Waals surface area (Å²) in [4.78, 5) is 0.269. The van der Waals surface area contributed by atoms with E-state index in [4.69, 9.17) is 12.2 Å². The largest absolute Gasteiger partial charge is 0.398 e. The lowest BCUT2D eigenvalue weighted by Crippen LogP contribution is -2.34. The average molecular weight is 292 g/mol. The van der Waals surface area contributed by atoms with Crippen LogP contribution in [0.15, 0.2) is 17.0 Å². The SMILES string of the molecule is C#CCN(CC1CC1)S(=O)(=O)c1cc(C)cc(N)c1C. The highest BCUT2D eigenvalue weighted by Crippen LogP contribution is 2.33. The smallest absolute Gasteiger partial charge is 0.244 e. The molecule has 0 bridgehead atoms. The maximum atomic E-state index is 12.8. The predicted octanol–water partition coefficient (Wildman–Crippen LogP) is 1.92. The summed E-state index contributed by atoms with van der Waals surface area (Å²) in [6.07, 6.45) is 7.47. The van der Waals surface area contributed by atoms with Gasteiger partial charge in [-0.05, 0) is 55.9 Å². The van der Waals surface area contributed by atoms with Crippen LogP contribution in [0.2, 0.25) is 0 Å². The van der Waals surface area contributed by atoms with Gasteiger partial charge in [-0.2, -0.15) is 4.31 Å². The molecule has 1 aliphatic rings. The van der Waals surface area contributed by atoms with E-state index in [2.05, 4.69) is 5.92 Å². The number of nitrogen functional groups attached to an aromatic ring is 1. The minimum absolute atomic E-state index is 0.103. The molecule has 2 N–H and O–H groups in total. The van der Waals surface area contributed by atoms with Crippen LogP contribution in [0.1, 0.15) is 24.0 Å². The summed E-state index contributed by atoms with van der Waals surface area (Å²) >= 11 is 0. The molecule has 1 fully saturated rings. The van der Waals surface area contributed by atoms with Gasteiger partial charge in [-0.3, -0.25) is 0 Å². The second kappa shape index (κ2) is 5.47. The van der Waals surface area contributed by atoms with Gasteiger partial charge in [0.2, 0.25) is 10.0 Å². The summed E-state index contributed by atoms with van der Waals surface area (Å²) in [6, 6.07) is 3.44. The van der Waals surface area contributed by atoms with E-state index in [1.165, 1.54) is 4.31 Å². The molecule has 2 rings (SSSR count). The molecule has 108 valence electrons. The molecule has 0 aromatic heterocycles. The van der Waals surface area contributed by atoms with Gasteiger partial charge < -0.3 is 5.73 Å². The van der Waals surface area contributed by atoms with Crippen LogP contribution >= 0.6 is 0 Å². The van der Waals surface area contributed by atoms with Crippen molar-refractivity contribution in [2.45, 2.75) is 31.6 Å². The van der Waals surface area contributed by atoms with Gasteiger partial charge in [0.15, 0.2) is 0 Å². The Balaban J connectivity index is 2.44. The van der Waals surface area contributed by atoms with Crippen molar-refractivity contribution in [2.24, 2.45) is 5.92 Å². The molecule has 0 unspecified atom stereocenters. The number of aryl methyl sites for hydroxylation is 1. The number of benzene rings is 1. The molecular weight excluding hydrogens is 272 g/mol. The minimum atomic E-state index is -3.58. The maximum Gasteiger partial charge on any atom is 0.244 e. The molecule has 1 aliphatic carbocycles. The Morgan fingerprint density at radius 3 is 2.60 bits per heavy atom. The van der Waals surface area contributed by atoms with E-state index in [9.17, 15) is 8.42 Å². The zero-order valence-electron chi connectivity index (χ0n) is 11.9. The van der Waals surface area contributed by atoms with Crippen LogP contribution in [-0.2, 0) is 10.0 Å². The lowest BCUT2D eigenvalue weighted by molar-refractivity contribution is 0.430. The van der Waals surface area contributed by atoms with Crippen molar-refractivity contribution in [3.05, 3.63) is 23.3 Å². The van der Waals surface area contributed by atoms with Gasteiger partial charge >= 0.3 is 0 Å². The second-order valence-corrected chi connectivity index (χ2v) is 7.33. The highest BCUT2D eigenvalue weighted by molar-refractivity contribution is 7.89. The highest BCUT2D eigenvalue weighted by Gasteiger charge is 2.32. The van der Waals surface area contributed by atoms with Gasteiger partial charge in [-0.15, -0.1) is 6.42 Å². The van der Waals surface area contributed by atoms with Gasteiger partial charge in [0.25, 0.3) is 0 Å². The monoisotopic (exact) mass is 292 g/mol. The lowest BCUT2D eigenvalue weighted by atomic mass is 10.1. The van der Waals surface area contributed by atoms with Gasteiger partial charge in [-0.25, -0.2) is 8.42 Å². The van der Waals surface area contributed by atoms with Crippen molar-refractivity contribution in [3.63, 3.8) is 0 Å². The van der Waals surface area contributed by atoms with Crippen LogP contribution in [0.5, 0.6) is 0 Å². The van der Waals surface area contributed by atoms with Crippen molar-refractivity contribution in [1.29, 1.82) is 0 Å². The Labute approximate surface area is 121 Å². The van der Waals surface area contributed by atoms with Gasteiger partial charge in [-0.1, -0.05) is 5.92 Å². The molecule has 4 nitrogen and oxygen atoms in total. The molecule has 1 aromatic carbocycles. The first-order valence-corrected chi connectivity index (χ1v) is 8.10. The summed E-state index contributed by atoms with van der Waals surface area (Å²) in [6.45, 7) is 4.17. The van der Waals surface area contributed by atoms with E-state index in [0.717, 1.165) is 18.4 Å². The Bertz CT molecular complexity index is 655. The Kier molecular flexibility index (Phi) is 4.07. The average Bonchev–Trinajstić information content (AvgIpc) is 3.17. The molecule has 0 spiro atoms. The fourth-order valence-electron chi connectivity index (χ4n) is 2.20. The van der Waals surface area contributed by atoms with Crippen molar-refractivity contribution in [2.75, 3.05) is 18.8 Å². The van der Waals surface area contributed by atoms with E-state index in [-0.39, 0.29) is 11.4 Å². The minimum Gasteiger partial charge on any atom is -0.398 e. The number of terminal acetylenes is 1. The molecule has 5 heteroatoms. The van der Waals surface area contributed by atoms with E-state index in [1.807, 2.05) is 6.92 Å². The second-order valence-electron chi connectivity index (χ2n) is 5.42. The molecule has 0 saturated heterocycles. The zero-order chi connectivity index (χ0) is 14.9. The zero-order valence-corrected chi connectivity index (χ0v) is 12.7. The van der Waals surface area contributed by atoms with E-state index in [1.54, 1.807) is 19.1 Å². The molecule has 0 radical (unpaired) electrons. The number of nitrogens with two attached hydrogens (primary N) is 1. The fourth-order valence-corrected chi connectivity index (χ4v) is 3.97. The van der Waals surface area contributed by atoms with Crippen LogP contribution in [0.3, 0.4) is 0 Å². The quantitative estimate of drug-likeness (QED) is 0.666. The van der Waals surface area contributed by atoms with Gasteiger partial charge in [0.1, 0.15) is 0 Å². The molecule has 1 aromatic rings. The molecule has 0 atom stereocenters. The predicted molar refractivity (Wildman–Crippen MR) is 80.6 cm³/mol. The van der Waals surface area contributed by atoms with Crippen LogP contribution in [0, 0.1) is 32.1 Å². The van der Waals surface area contributed by atoms with Crippen LogP contribution < -0.4 is 5.73 Å². The van der Waals surface area contributed by atoms with E-state index >= 15 is 0 Å². The van der Waals surface area contributed by atoms with Crippen molar-refractivity contribution in [1.82, 2.24) is 4.31 Å². The third kappa shape index (κ3) is 2.97. The molecular formula is C15H20N2O2S. The first-order chi connectivity index (χ1) is 9.36. The summed E-state index contributed by atoms with van der Waals surface area (Å²) in [5.74, 6) is 2.89. The molecule has 0 aliphatic heterocycles. The first-order valence-electron chi connectivity index (χ1n) is 6.66. The Morgan fingerprint density at radius 2 is 2.05 bits per heavy atom. The third-order valence-corrected chi connectivity index (χ3v) is 5.53. The first kappa shape index (κ1) is 14.9. The van der Waals surface area contributed by atoms with Crippen LogP contribution in [-0.4, -0.2) is 25.8 Å². The van der Waals surface area contributed by atoms with Crippen molar-refractivity contribution in [3.8, 4) is 12.3 Å². The Hall–Kier alpha value is -1.51. The molecule has 0 amide bonds. The lowest BCUT2D eigenvalue weighted by Gasteiger charge is -2.21. The van der Waals surface area contributed by atoms with E-state index in [0.29, 0.717) is 23.7 Å². The number of hydrogen-bond donors (Lipinski definition) is 1. The van der Waals surface area contributed by atoms with Gasteiger partial charge in [0.05, 0.1) is 11.4 Å². The van der Waals surface area contributed by atoms with Gasteiger partial charge in [0, 0.05) is 12.2 Å². The summed E-state index contributed by atoms with van der Waals surface area (Å²) in [5, 5.41) is 0. The number of rotatable bonds is 5. The Morgan fingerprint density at radius 1 is 1.40 bits per heavy atom. The number of anilines is 1. The van der Waals surface area contributed by atoms with Crippen molar-refractivity contribution < 1.29 is 8.42 Å². The summed E-state index contributed by atoms with van der Waals surface area (Å²) < 4.78 is 27.0. The van der Waals surface area contributed by atoms with E-state index < -0.39 is 10.0 Å². The standard InChI is InChI=1S/C15H20N2O2S/c1-4-7-17(10-13-5-6-13)20(18,19)15-9-11(2)8-14(16)12(15)3/h1,8-9,13H,5-7,10,16H2,2-3H3. The third-order valence-electron chi connectivity index (χ3n) is 3.59.